The van der Waals surface area contributed by atoms with Crippen molar-refractivity contribution in [2.75, 3.05) is 31.2 Å². The van der Waals surface area contributed by atoms with Crippen molar-refractivity contribution in [2.24, 2.45) is 5.92 Å². The molecule has 3 rings (SSSR count). The second-order valence-electron chi connectivity index (χ2n) is 6.84. The molecule has 12 heteroatoms. The van der Waals surface area contributed by atoms with Crippen molar-refractivity contribution < 1.29 is 21.6 Å². The first kappa shape index (κ1) is 19.8. The highest BCUT2D eigenvalue weighted by Gasteiger charge is 2.38. The summed E-state index contributed by atoms with van der Waals surface area (Å²) in [6.45, 7) is 4.83. The van der Waals surface area contributed by atoms with Gasteiger partial charge in [0.05, 0.1) is 6.26 Å². The van der Waals surface area contributed by atoms with Crippen LogP contribution in [0.25, 0.3) is 5.65 Å². The summed E-state index contributed by atoms with van der Waals surface area (Å²) in [6.07, 6.45) is -2.10. The smallest absolute Gasteiger partial charge is 0.368 e. The minimum absolute atomic E-state index is 0.0758. The third-order valence-corrected chi connectivity index (χ3v) is 6.25. The summed E-state index contributed by atoms with van der Waals surface area (Å²) in [5.41, 5.74) is 1.35. The molecule has 0 radical (unpaired) electrons. The van der Waals surface area contributed by atoms with Crippen LogP contribution in [0, 0.1) is 19.8 Å². The number of anilines is 1. The van der Waals surface area contributed by atoms with Gasteiger partial charge in [-0.15, -0.1) is 15.3 Å². The molecule has 150 valence electrons. The van der Waals surface area contributed by atoms with E-state index in [0.29, 0.717) is 49.4 Å². The number of aryl methyl sites for hydroxylation is 1. The van der Waals surface area contributed by atoms with Crippen molar-refractivity contribution in [3.8, 4) is 0 Å². The molecular formula is C15H21F3N6O2S. The highest BCUT2D eigenvalue weighted by atomic mass is 32.2. The average molecular weight is 406 g/mol. The molecule has 0 aliphatic carbocycles. The highest BCUT2D eigenvalue weighted by molar-refractivity contribution is 7.88. The molecule has 0 bridgehead atoms. The lowest BCUT2D eigenvalue weighted by atomic mass is 9.98. The number of nitrogens with zero attached hydrogens (tertiary/aromatic N) is 5. The molecule has 1 fully saturated rings. The predicted octanol–water partition coefficient (Wildman–Crippen LogP) is 1.84. The molecule has 1 aliphatic rings. The maximum atomic E-state index is 13.1. The van der Waals surface area contributed by atoms with E-state index in [1.807, 2.05) is 0 Å². The SMILES string of the molecule is Cc1c(NCC2CCN(S(C)(=O)=O)CC2)nn2c(C(F)(F)F)nnc2c1C. The Balaban J connectivity index is 1.77. The van der Waals surface area contributed by atoms with E-state index in [-0.39, 0.29) is 11.6 Å². The number of aromatic nitrogens is 4. The summed E-state index contributed by atoms with van der Waals surface area (Å²) in [7, 11) is -3.19. The zero-order valence-corrected chi connectivity index (χ0v) is 16.0. The van der Waals surface area contributed by atoms with E-state index in [2.05, 4.69) is 20.6 Å². The Bertz CT molecular complexity index is 949. The number of hydrogen-bond donors (Lipinski definition) is 1. The number of piperidine rings is 1. The molecule has 2 aromatic heterocycles. The van der Waals surface area contributed by atoms with Crippen LogP contribution in [0.15, 0.2) is 0 Å². The van der Waals surface area contributed by atoms with Gasteiger partial charge >= 0.3 is 6.18 Å². The summed E-state index contributed by atoms with van der Waals surface area (Å²) >= 11 is 0. The van der Waals surface area contributed by atoms with E-state index in [9.17, 15) is 21.6 Å². The minimum Gasteiger partial charge on any atom is -0.368 e. The number of hydrogen-bond acceptors (Lipinski definition) is 6. The number of nitrogens with one attached hydrogen (secondary N) is 1. The molecule has 1 N–H and O–H groups in total. The van der Waals surface area contributed by atoms with Gasteiger partial charge in [-0.2, -0.15) is 17.7 Å². The summed E-state index contributed by atoms with van der Waals surface area (Å²) in [5, 5.41) is 14.0. The van der Waals surface area contributed by atoms with Crippen LogP contribution in [-0.4, -0.2) is 58.4 Å². The molecule has 2 aromatic rings. The molecule has 0 amide bonds. The van der Waals surface area contributed by atoms with Gasteiger partial charge in [0.15, 0.2) is 5.65 Å². The third kappa shape index (κ3) is 4.00. The van der Waals surface area contributed by atoms with Gasteiger partial charge in [-0.25, -0.2) is 12.7 Å². The number of fused-ring (bicyclic) bond motifs is 1. The molecule has 8 nitrogen and oxygen atoms in total. The lowest BCUT2D eigenvalue weighted by Gasteiger charge is -2.30. The standard InChI is InChI=1S/C15H21F3N6O2S/c1-9-10(2)13-20-21-14(15(16,17)18)24(13)22-12(9)19-8-11-4-6-23(7-5-11)27(3,25)26/h11H,4-8H2,1-3H3,(H,19,22). The molecule has 1 aliphatic heterocycles. The Labute approximate surface area is 154 Å². The van der Waals surface area contributed by atoms with Crippen molar-refractivity contribution in [3.63, 3.8) is 0 Å². The average Bonchev–Trinajstić information content (AvgIpc) is 3.00. The van der Waals surface area contributed by atoms with E-state index in [1.165, 1.54) is 10.6 Å². The summed E-state index contributed by atoms with van der Waals surface area (Å²) in [5.74, 6) is -0.607. The van der Waals surface area contributed by atoms with E-state index in [1.54, 1.807) is 13.8 Å². The van der Waals surface area contributed by atoms with Gasteiger partial charge in [-0.1, -0.05) is 0 Å². The van der Waals surface area contributed by atoms with Gasteiger partial charge < -0.3 is 5.32 Å². The Kier molecular flexibility index (Phi) is 5.06. The maximum absolute atomic E-state index is 13.1. The van der Waals surface area contributed by atoms with Crippen LogP contribution in [0.2, 0.25) is 0 Å². The fraction of sp³-hybridized carbons (Fsp3) is 0.667. The quantitative estimate of drug-likeness (QED) is 0.833. The number of rotatable bonds is 4. The highest BCUT2D eigenvalue weighted by Crippen LogP contribution is 2.30. The largest absolute Gasteiger partial charge is 0.453 e. The van der Waals surface area contributed by atoms with Crippen LogP contribution < -0.4 is 5.32 Å². The molecule has 0 aromatic carbocycles. The van der Waals surface area contributed by atoms with Crippen molar-refractivity contribution in [3.05, 3.63) is 17.0 Å². The van der Waals surface area contributed by atoms with Crippen LogP contribution in [0.1, 0.15) is 29.8 Å². The maximum Gasteiger partial charge on any atom is 0.453 e. The van der Waals surface area contributed by atoms with Crippen molar-refractivity contribution in [2.45, 2.75) is 32.9 Å². The molecule has 3 heterocycles. The van der Waals surface area contributed by atoms with Crippen molar-refractivity contribution >= 4 is 21.5 Å². The first-order valence-corrected chi connectivity index (χ1v) is 10.3. The van der Waals surface area contributed by atoms with Crippen LogP contribution in [0.5, 0.6) is 0 Å². The molecule has 27 heavy (non-hydrogen) atoms. The molecule has 0 saturated carbocycles. The van der Waals surface area contributed by atoms with Gasteiger partial charge in [0.25, 0.3) is 5.82 Å². The number of alkyl halides is 3. The molecule has 0 unspecified atom stereocenters. The van der Waals surface area contributed by atoms with Crippen LogP contribution in [0.3, 0.4) is 0 Å². The number of sulfonamides is 1. The van der Waals surface area contributed by atoms with Gasteiger partial charge in [-0.3, -0.25) is 0 Å². The van der Waals surface area contributed by atoms with Crippen LogP contribution in [-0.2, 0) is 16.2 Å². The second kappa shape index (κ2) is 6.89. The zero-order valence-electron chi connectivity index (χ0n) is 15.2. The van der Waals surface area contributed by atoms with Crippen LogP contribution in [0.4, 0.5) is 19.0 Å². The summed E-state index contributed by atoms with van der Waals surface area (Å²) < 4.78 is 64.5. The topological polar surface area (TPSA) is 92.5 Å². The Morgan fingerprint density at radius 1 is 1.15 bits per heavy atom. The first-order chi connectivity index (χ1) is 12.5. The Morgan fingerprint density at radius 3 is 2.33 bits per heavy atom. The van der Waals surface area contributed by atoms with E-state index >= 15 is 0 Å². The second-order valence-corrected chi connectivity index (χ2v) is 8.82. The molecule has 0 spiro atoms. The summed E-state index contributed by atoms with van der Waals surface area (Å²) in [6, 6.07) is 0. The van der Waals surface area contributed by atoms with Gasteiger partial charge in [0, 0.05) is 25.2 Å². The first-order valence-electron chi connectivity index (χ1n) is 8.47. The molecule has 1 saturated heterocycles. The minimum atomic E-state index is -4.65. The monoisotopic (exact) mass is 406 g/mol. The summed E-state index contributed by atoms with van der Waals surface area (Å²) in [4.78, 5) is 0. The molecular weight excluding hydrogens is 385 g/mol. The number of halogens is 3. The molecule has 0 atom stereocenters. The van der Waals surface area contributed by atoms with Crippen LogP contribution >= 0.6 is 0 Å². The zero-order chi connectivity index (χ0) is 20.0. The Morgan fingerprint density at radius 2 is 1.78 bits per heavy atom. The Hall–Kier alpha value is -1.95. The van der Waals surface area contributed by atoms with Crippen molar-refractivity contribution in [1.29, 1.82) is 0 Å². The van der Waals surface area contributed by atoms with Gasteiger partial charge in [0.1, 0.15) is 5.82 Å². The fourth-order valence-corrected chi connectivity index (χ4v) is 4.03. The van der Waals surface area contributed by atoms with E-state index in [4.69, 9.17) is 0 Å². The lowest BCUT2D eigenvalue weighted by molar-refractivity contribution is -0.146. The van der Waals surface area contributed by atoms with Gasteiger partial charge in [-0.05, 0) is 38.2 Å². The third-order valence-electron chi connectivity index (χ3n) is 4.95. The van der Waals surface area contributed by atoms with Crippen molar-refractivity contribution in [1.82, 2.24) is 24.1 Å². The predicted molar refractivity (Wildman–Crippen MR) is 92.9 cm³/mol. The van der Waals surface area contributed by atoms with Gasteiger partial charge in [0.2, 0.25) is 10.0 Å². The van der Waals surface area contributed by atoms with E-state index in [0.717, 1.165) is 4.52 Å². The normalized spacial score (nSPS) is 17.6. The van der Waals surface area contributed by atoms with E-state index < -0.39 is 22.0 Å². The lowest BCUT2D eigenvalue weighted by Crippen LogP contribution is -2.39. The fourth-order valence-electron chi connectivity index (χ4n) is 3.16.